The van der Waals surface area contributed by atoms with Crippen molar-refractivity contribution in [2.75, 3.05) is 33.4 Å². The summed E-state index contributed by atoms with van der Waals surface area (Å²) in [6.07, 6.45) is 2.29. The molecular formula is C17H30NO2+. The molecule has 0 heterocycles. The summed E-state index contributed by atoms with van der Waals surface area (Å²) in [7, 11) is 1.75. The Labute approximate surface area is 123 Å². The predicted octanol–water partition coefficient (Wildman–Crippen LogP) is 2.49. The third-order valence-corrected chi connectivity index (χ3v) is 3.47. The summed E-state index contributed by atoms with van der Waals surface area (Å²) in [6, 6.07) is 6.53. The zero-order valence-corrected chi connectivity index (χ0v) is 13.4. The molecule has 0 aliphatic rings. The van der Waals surface area contributed by atoms with Gasteiger partial charge in [0.05, 0.1) is 26.3 Å². The largest absolute Gasteiger partial charge is 0.493 e. The van der Waals surface area contributed by atoms with Gasteiger partial charge in [0.25, 0.3) is 0 Å². The third-order valence-electron chi connectivity index (χ3n) is 3.47. The molecule has 3 nitrogen and oxygen atoms in total. The molecule has 0 saturated carbocycles. The van der Waals surface area contributed by atoms with E-state index >= 15 is 0 Å². The second kappa shape index (κ2) is 9.78. The van der Waals surface area contributed by atoms with E-state index in [4.69, 9.17) is 9.47 Å². The van der Waals surface area contributed by atoms with Crippen molar-refractivity contribution in [2.45, 2.75) is 39.5 Å². The molecule has 0 aliphatic heterocycles. The third kappa shape index (κ3) is 6.40. The van der Waals surface area contributed by atoms with E-state index in [9.17, 15) is 0 Å². The number of nitrogens with two attached hydrogens (primary N) is 1. The molecule has 1 aromatic rings. The van der Waals surface area contributed by atoms with Gasteiger partial charge < -0.3 is 14.8 Å². The van der Waals surface area contributed by atoms with Crippen LogP contribution in [-0.2, 0) is 4.74 Å². The molecule has 2 N–H and O–H groups in total. The highest BCUT2D eigenvalue weighted by molar-refractivity contribution is 5.37. The molecular weight excluding hydrogens is 250 g/mol. The zero-order valence-electron chi connectivity index (χ0n) is 13.4. The van der Waals surface area contributed by atoms with Crippen molar-refractivity contribution < 1.29 is 14.8 Å². The Morgan fingerprint density at radius 1 is 1.10 bits per heavy atom. The van der Waals surface area contributed by atoms with Crippen LogP contribution in [0.15, 0.2) is 18.2 Å². The van der Waals surface area contributed by atoms with E-state index in [-0.39, 0.29) is 0 Å². The SMILES string of the molecule is COCC[NH2+]CCCCOc1cc(C(C)C)ccc1C. The van der Waals surface area contributed by atoms with Crippen molar-refractivity contribution in [3.63, 3.8) is 0 Å². The van der Waals surface area contributed by atoms with Crippen LogP contribution in [0.5, 0.6) is 5.75 Å². The lowest BCUT2D eigenvalue weighted by Crippen LogP contribution is -2.85. The number of rotatable bonds is 10. The molecule has 0 aliphatic carbocycles. The van der Waals surface area contributed by atoms with Crippen molar-refractivity contribution in [2.24, 2.45) is 0 Å². The molecule has 0 fully saturated rings. The smallest absolute Gasteiger partial charge is 0.122 e. The maximum absolute atomic E-state index is 5.92. The summed E-state index contributed by atoms with van der Waals surface area (Å²) in [5, 5.41) is 2.30. The van der Waals surface area contributed by atoms with Gasteiger partial charge in [0.1, 0.15) is 5.75 Å². The fourth-order valence-corrected chi connectivity index (χ4v) is 2.05. The fraction of sp³-hybridized carbons (Fsp3) is 0.647. The lowest BCUT2D eigenvalue weighted by atomic mass is 10.0. The lowest BCUT2D eigenvalue weighted by Gasteiger charge is -2.12. The van der Waals surface area contributed by atoms with Gasteiger partial charge in [-0.1, -0.05) is 26.0 Å². The van der Waals surface area contributed by atoms with Gasteiger partial charge >= 0.3 is 0 Å². The van der Waals surface area contributed by atoms with E-state index < -0.39 is 0 Å². The monoisotopic (exact) mass is 280 g/mol. The van der Waals surface area contributed by atoms with Gasteiger partial charge in [-0.15, -0.1) is 0 Å². The molecule has 3 heteroatoms. The molecule has 0 saturated heterocycles. The van der Waals surface area contributed by atoms with Crippen molar-refractivity contribution in [3.8, 4) is 5.75 Å². The van der Waals surface area contributed by atoms with E-state index in [0.29, 0.717) is 5.92 Å². The van der Waals surface area contributed by atoms with Gasteiger partial charge in [-0.2, -0.15) is 0 Å². The van der Waals surface area contributed by atoms with Crippen molar-refractivity contribution in [1.29, 1.82) is 0 Å². The Bertz CT molecular complexity index is 377. The molecule has 0 aromatic heterocycles. The molecule has 114 valence electrons. The van der Waals surface area contributed by atoms with Gasteiger partial charge in [-0.3, -0.25) is 0 Å². The molecule has 20 heavy (non-hydrogen) atoms. The standard InChI is InChI=1S/C17H29NO2/c1-14(2)16-8-7-15(3)17(13-16)20-11-6-5-9-18-10-12-19-4/h7-8,13-14,18H,5-6,9-12H2,1-4H3/p+1. The first-order chi connectivity index (χ1) is 9.65. The Kier molecular flexibility index (Phi) is 8.31. The summed E-state index contributed by atoms with van der Waals surface area (Å²) in [5.41, 5.74) is 2.57. The molecule has 0 unspecified atom stereocenters. The second-order valence-corrected chi connectivity index (χ2v) is 5.59. The minimum absolute atomic E-state index is 0.549. The molecule has 0 atom stereocenters. The number of hydrogen-bond acceptors (Lipinski definition) is 2. The minimum Gasteiger partial charge on any atom is -0.493 e. The molecule has 1 aromatic carbocycles. The van der Waals surface area contributed by atoms with Crippen molar-refractivity contribution in [3.05, 3.63) is 29.3 Å². The Balaban J connectivity index is 2.23. The highest BCUT2D eigenvalue weighted by atomic mass is 16.5. The van der Waals surface area contributed by atoms with Crippen molar-refractivity contribution >= 4 is 0 Å². The van der Waals surface area contributed by atoms with Crippen LogP contribution in [0.4, 0.5) is 0 Å². The van der Waals surface area contributed by atoms with Crippen LogP contribution >= 0.6 is 0 Å². The number of methoxy groups -OCH3 is 1. The van der Waals surface area contributed by atoms with Gasteiger partial charge in [-0.05, 0) is 42.9 Å². The average molecular weight is 280 g/mol. The summed E-state index contributed by atoms with van der Waals surface area (Å²) in [5.74, 6) is 1.59. The van der Waals surface area contributed by atoms with Gasteiger partial charge in [0.15, 0.2) is 0 Å². The topological polar surface area (TPSA) is 35.1 Å². The van der Waals surface area contributed by atoms with Crippen LogP contribution in [0.25, 0.3) is 0 Å². The maximum Gasteiger partial charge on any atom is 0.122 e. The number of hydrogen-bond donors (Lipinski definition) is 1. The normalized spacial score (nSPS) is 11.1. The van der Waals surface area contributed by atoms with E-state index in [0.717, 1.165) is 38.5 Å². The second-order valence-electron chi connectivity index (χ2n) is 5.59. The number of ether oxygens (including phenoxy) is 2. The van der Waals surface area contributed by atoms with E-state index in [1.807, 2.05) is 0 Å². The van der Waals surface area contributed by atoms with Crippen LogP contribution in [0, 0.1) is 6.92 Å². The van der Waals surface area contributed by atoms with Crippen LogP contribution in [0.2, 0.25) is 0 Å². The highest BCUT2D eigenvalue weighted by Gasteiger charge is 2.04. The summed E-state index contributed by atoms with van der Waals surface area (Å²) < 4.78 is 10.9. The maximum atomic E-state index is 5.92. The van der Waals surface area contributed by atoms with Gasteiger partial charge in [0, 0.05) is 7.11 Å². The number of unbranched alkanes of at least 4 members (excludes halogenated alkanes) is 1. The number of quaternary nitrogens is 1. The Morgan fingerprint density at radius 2 is 1.90 bits per heavy atom. The van der Waals surface area contributed by atoms with E-state index in [2.05, 4.69) is 44.3 Å². The zero-order chi connectivity index (χ0) is 14.8. The molecule has 1 rings (SSSR count). The van der Waals surface area contributed by atoms with E-state index in [1.54, 1.807) is 7.11 Å². The first kappa shape index (κ1) is 17.0. The van der Waals surface area contributed by atoms with Crippen LogP contribution in [-0.4, -0.2) is 33.4 Å². The summed E-state index contributed by atoms with van der Waals surface area (Å²) >= 11 is 0. The predicted molar refractivity (Wildman–Crippen MR) is 83.5 cm³/mol. The van der Waals surface area contributed by atoms with Crippen LogP contribution in [0.1, 0.15) is 43.7 Å². The Morgan fingerprint density at radius 3 is 2.60 bits per heavy atom. The van der Waals surface area contributed by atoms with Gasteiger partial charge in [-0.25, -0.2) is 0 Å². The van der Waals surface area contributed by atoms with Gasteiger partial charge in [0.2, 0.25) is 0 Å². The number of benzene rings is 1. The van der Waals surface area contributed by atoms with E-state index in [1.165, 1.54) is 17.5 Å². The van der Waals surface area contributed by atoms with Crippen LogP contribution < -0.4 is 10.1 Å². The first-order valence-corrected chi connectivity index (χ1v) is 7.69. The highest BCUT2D eigenvalue weighted by Crippen LogP contribution is 2.24. The van der Waals surface area contributed by atoms with Crippen molar-refractivity contribution in [1.82, 2.24) is 0 Å². The average Bonchev–Trinajstić information content (AvgIpc) is 2.43. The molecule has 0 amide bonds. The quantitative estimate of drug-likeness (QED) is 0.668. The molecule has 0 radical (unpaired) electrons. The minimum atomic E-state index is 0.549. The molecule has 0 spiro atoms. The van der Waals surface area contributed by atoms with Crippen LogP contribution in [0.3, 0.4) is 0 Å². The fourth-order valence-electron chi connectivity index (χ4n) is 2.05. The first-order valence-electron chi connectivity index (χ1n) is 7.69. The number of aryl methyl sites for hydroxylation is 1. The summed E-state index contributed by atoms with van der Waals surface area (Å²) in [4.78, 5) is 0. The lowest BCUT2D eigenvalue weighted by molar-refractivity contribution is -0.656. The Hall–Kier alpha value is -1.06. The summed E-state index contributed by atoms with van der Waals surface area (Å²) in [6.45, 7) is 10.4. The molecule has 0 bridgehead atoms.